The van der Waals surface area contributed by atoms with Crippen LogP contribution < -0.4 is 11.2 Å². The number of benzene rings is 2. The monoisotopic (exact) mass is 385 g/mol. The van der Waals surface area contributed by atoms with Crippen LogP contribution in [0.25, 0.3) is 10.9 Å². The van der Waals surface area contributed by atoms with Crippen LogP contribution in [0.15, 0.2) is 58.6 Å². The van der Waals surface area contributed by atoms with E-state index in [9.17, 15) is 9.90 Å². The van der Waals surface area contributed by atoms with Gasteiger partial charge >= 0.3 is 0 Å². The predicted octanol–water partition coefficient (Wildman–Crippen LogP) is 3.46. The Labute approximate surface area is 161 Å². The summed E-state index contributed by atoms with van der Waals surface area (Å²) in [5, 5.41) is 14.7. The van der Waals surface area contributed by atoms with Crippen LogP contribution in [0.1, 0.15) is 24.5 Å². The number of aromatic nitrogens is 1. The van der Waals surface area contributed by atoms with E-state index in [1.54, 1.807) is 18.3 Å². The summed E-state index contributed by atoms with van der Waals surface area (Å²) in [6, 6.07) is 12.1. The van der Waals surface area contributed by atoms with Gasteiger partial charge in [-0.15, -0.1) is 0 Å². The van der Waals surface area contributed by atoms with Crippen molar-refractivity contribution >= 4 is 28.3 Å². The van der Waals surface area contributed by atoms with Crippen molar-refractivity contribution in [3.8, 4) is 5.75 Å². The maximum absolute atomic E-state index is 12.8. The Morgan fingerprint density at radius 3 is 2.70 bits per heavy atom. The lowest BCUT2D eigenvalue weighted by Gasteiger charge is -2.14. The second kappa shape index (κ2) is 8.14. The van der Waals surface area contributed by atoms with E-state index in [4.69, 9.17) is 22.2 Å². The van der Waals surface area contributed by atoms with Crippen molar-refractivity contribution in [1.29, 1.82) is 0 Å². The van der Waals surface area contributed by atoms with Gasteiger partial charge in [0.05, 0.1) is 16.5 Å². The summed E-state index contributed by atoms with van der Waals surface area (Å²) in [6.07, 6.45) is 2.44. The van der Waals surface area contributed by atoms with E-state index in [0.717, 1.165) is 12.0 Å². The molecule has 3 aromatic rings. The van der Waals surface area contributed by atoms with Gasteiger partial charge < -0.3 is 20.2 Å². The number of phenols is 1. The van der Waals surface area contributed by atoms with E-state index in [0.29, 0.717) is 29.1 Å². The smallest absolute Gasteiger partial charge is 0.200 e. The number of rotatable bonds is 6. The molecular formula is C20H20ClN3O3. The highest BCUT2D eigenvalue weighted by Gasteiger charge is 2.13. The van der Waals surface area contributed by atoms with Gasteiger partial charge in [0.2, 0.25) is 5.43 Å². The summed E-state index contributed by atoms with van der Waals surface area (Å²) in [5.41, 5.74) is 7.57. The number of pyridine rings is 1. The second-order valence-electron chi connectivity index (χ2n) is 6.14. The van der Waals surface area contributed by atoms with Gasteiger partial charge in [-0.25, -0.2) is 0 Å². The van der Waals surface area contributed by atoms with Gasteiger partial charge in [0.25, 0.3) is 0 Å². The number of phenolic OH excluding ortho intramolecular Hbond substituents is 1. The molecule has 3 rings (SSSR count). The molecular weight excluding hydrogens is 366 g/mol. The highest BCUT2D eigenvalue weighted by atomic mass is 35.5. The zero-order valence-corrected chi connectivity index (χ0v) is 15.6. The molecule has 0 saturated carbocycles. The molecule has 0 aliphatic rings. The van der Waals surface area contributed by atoms with Crippen LogP contribution in [0.3, 0.4) is 0 Å². The van der Waals surface area contributed by atoms with Crippen LogP contribution in [-0.4, -0.2) is 22.1 Å². The zero-order valence-electron chi connectivity index (χ0n) is 14.9. The van der Waals surface area contributed by atoms with Gasteiger partial charge in [0.1, 0.15) is 12.4 Å². The minimum atomic E-state index is -0.311. The van der Waals surface area contributed by atoms with E-state index in [1.165, 1.54) is 6.07 Å². The molecule has 3 N–H and O–H groups in total. The van der Waals surface area contributed by atoms with Gasteiger partial charge in [-0.3, -0.25) is 4.79 Å². The lowest BCUT2D eigenvalue weighted by atomic mass is 10.1. The quantitative estimate of drug-likeness (QED) is 0.294. The Morgan fingerprint density at radius 2 is 2.00 bits per heavy atom. The fraction of sp³-hybridized carbons (Fsp3) is 0.200. The van der Waals surface area contributed by atoms with Crippen LogP contribution >= 0.6 is 11.6 Å². The molecule has 27 heavy (non-hydrogen) atoms. The Bertz CT molecular complexity index is 1040. The first-order valence-electron chi connectivity index (χ1n) is 8.56. The van der Waals surface area contributed by atoms with Crippen molar-refractivity contribution in [3.63, 3.8) is 0 Å². The topological polar surface area (TPSA) is 89.8 Å². The number of aromatic hydroxyl groups is 1. The molecule has 7 heteroatoms. The molecule has 0 aliphatic heterocycles. The minimum absolute atomic E-state index is 0.00329. The normalized spacial score (nSPS) is 11.7. The molecule has 0 spiro atoms. The molecule has 0 saturated heterocycles. The molecule has 0 amide bonds. The fourth-order valence-electron chi connectivity index (χ4n) is 2.74. The first kappa shape index (κ1) is 18.8. The molecule has 0 radical (unpaired) electrons. The van der Waals surface area contributed by atoms with Crippen LogP contribution in [0.4, 0.5) is 0 Å². The summed E-state index contributed by atoms with van der Waals surface area (Å²) in [5.74, 6) is 0.0103. The molecule has 0 aliphatic carbocycles. The SMILES string of the molecule is CCCO/N=C(\N)c1cn(Cc2ccc(Cl)cc2)c2ccc(O)cc2c1=O. The van der Waals surface area contributed by atoms with Crippen molar-refractivity contribution in [3.05, 3.63) is 75.0 Å². The Balaban J connectivity index is 2.13. The highest BCUT2D eigenvalue weighted by Crippen LogP contribution is 2.20. The Hall–Kier alpha value is -2.99. The van der Waals surface area contributed by atoms with Crippen LogP contribution in [-0.2, 0) is 11.4 Å². The average Bonchev–Trinajstić information content (AvgIpc) is 2.66. The van der Waals surface area contributed by atoms with Crippen molar-refractivity contribution < 1.29 is 9.94 Å². The van der Waals surface area contributed by atoms with E-state index >= 15 is 0 Å². The number of amidine groups is 1. The number of oxime groups is 1. The lowest BCUT2D eigenvalue weighted by molar-refractivity contribution is 0.145. The second-order valence-corrected chi connectivity index (χ2v) is 6.57. The van der Waals surface area contributed by atoms with Crippen LogP contribution in [0.2, 0.25) is 5.02 Å². The number of fused-ring (bicyclic) bond motifs is 1. The van der Waals surface area contributed by atoms with E-state index in [2.05, 4.69) is 5.16 Å². The molecule has 0 unspecified atom stereocenters. The number of nitrogens with zero attached hydrogens (tertiary/aromatic N) is 2. The first-order chi connectivity index (χ1) is 13.0. The summed E-state index contributed by atoms with van der Waals surface area (Å²) >= 11 is 5.95. The molecule has 1 aromatic heterocycles. The zero-order chi connectivity index (χ0) is 19.4. The summed E-state index contributed by atoms with van der Waals surface area (Å²) in [6.45, 7) is 2.85. The van der Waals surface area contributed by atoms with E-state index in [-0.39, 0.29) is 22.6 Å². The third-order valence-electron chi connectivity index (χ3n) is 4.06. The fourth-order valence-corrected chi connectivity index (χ4v) is 2.87. The summed E-state index contributed by atoms with van der Waals surface area (Å²) in [7, 11) is 0. The van der Waals surface area contributed by atoms with Gasteiger partial charge in [-0.2, -0.15) is 0 Å². The summed E-state index contributed by atoms with van der Waals surface area (Å²) in [4.78, 5) is 18.0. The molecule has 6 nitrogen and oxygen atoms in total. The van der Waals surface area contributed by atoms with E-state index in [1.807, 2.05) is 35.8 Å². The number of halogens is 1. The highest BCUT2D eigenvalue weighted by molar-refractivity contribution is 6.30. The third kappa shape index (κ3) is 4.23. The van der Waals surface area contributed by atoms with Crippen molar-refractivity contribution in [2.75, 3.05) is 6.61 Å². The molecule has 140 valence electrons. The van der Waals surface area contributed by atoms with Crippen molar-refractivity contribution in [2.45, 2.75) is 19.9 Å². The van der Waals surface area contributed by atoms with Gasteiger partial charge in [-0.05, 0) is 42.3 Å². The van der Waals surface area contributed by atoms with Crippen LogP contribution in [0, 0.1) is 0 Å². The first-order valence-corrected chi connectivity index (χ1v) is 8.93. The standard InChI is InChI=1S/C20H20ClN3O3/c1-2-9-27-23-20(22)17-12-24(11-13-3-5-14(21)6-4-13)18-8-7-15(25)10-16(18)19(17)26/h3-8,10,12,25H,2,9,11H2,1H3,(H2,22,23). The molecule has 0 fully saturated rings. The van der Waals surface area contributed by atoms with Gasteiger partial charge in [0, 0.05) is 17.8 Å². The number of nitrogens with two attached hydrogens (primary N) is 1. The molecule has 2 aromatic carbocycles. The molecule has 0 bridgehead atoms. The lowest BCUT2D eigenvalue weighted by Crippen LogP contribution is -2.25. The minimum Gasteiger partial charge on any atom is -0.508 e. The third-order valence-corrected chi connectivity index (χ3v) is 4.32. The number of hydrogen-bond acceptors (Lipinski definition) is 4. The van der Waals surface area contributed by atoms with Crippen molar-refractivity contribution in [1.82, 2.24) is 4.57 Å². The Kier molecular flexibility index (Phi) is 5.66. The van der Waals surface area contributed by atoms with Gasteiger partial charge in [-0.1, -0.05) is 35.8 Å². The van der Waals surface area contributed by atoms with E-state index < -0.39 is 0 Å². The Morgan fingerprint density at radius 1 is 1.26 bits per heavy atom. The molecule has 1 heterocycles. The number of hydrogen-bond donors (Lipinski definition) is 2. The maximum Gasteiger partial charge on any atom is 0.200 e. The van der Waals surface area contributed by atoms with Crippen molar-refractivity contribution in [2.24, 2.45) is 10.9 Å². The maximum atomic E-state index is 12.8. The van der Waals surface area contributed by atoms with Gasteiger partial charge in [0.15, 0.2) is 5.84 Å². The van der Waals surface area contributed by atoms with Crippen LogP contribution in [0.5, 0.6) is 5.75 Å². The summed E-state index contributed by atoms with van der Waals surface area (Å²) < 4.78 is 1.89. The largest absolute Gasteiger partial charge is 0.508 e. The average molecular weight is 386 g/mol. The predicted molar refractivity (Wildman–Crippen MR) is 107 cm³/mol. The molecule has 0 atom stereocenters.